The Morgan fingerprint density at radius 2 is 1.83 bits per heavy atom. The minimum Gasteiger partial charge on any atom is -0.507 e. The number of hydrogen-bond donors (Lipinski definition) is 2. The summed E-state index contributed by atoms with van der Waals surface area (Å²) >= 11 is 0. The highest BCUT2D eigenvalue weighted by molar-refractivity contribution is 5.81. The van der Waals surface area contributed by atoms with E-state index >= 15 is 0 Å². The Balaban J connectivity index is 1.20. The summed E-state index contributed by atoms with van der Waals surface area (Å²) in [5, 5.41) is 25.1. The molecule has 0 saturated carbocycles. The molecule has 1 unspecified atom stereocenters. The largest absolute Gasteiger partial charge is 0.507 e. The number of esters is 1. The number of ether oxygens (including phenoxy) is 2. The number of nitrogens with one attached hydrogen (secondary N) is 1. The van der Waals surface area contributed by atoms with Crippen LogP contribution in [0.5, 0.6) is 11.5 Å². The van der Waals surface area contributed by atoms with Crippen molar-refractivity contribution in [3.05, 3.63) is 94.1 Å². The number of tetrazole rings is 1. The quantitative estimate of drug-likeness (QED) is 0.168. The van der Waals surface area contributed by atoms with E-state index in [-0.39, 0.29) is 6.61 Å². The number of aryl methyl sites for hydroxylation is 1. The molecule has 5 aromatic rings. The lowest BCUT2D eigenvalue weighted by Crippen LogP contribution is -2.46. The number of aromatic amines is 1. The van der Waals surface area contributed by atoms with E-state index in [0.717, 1.165) is 75.3 Å². The Morgan fingerprint density at radius 3 is 2.54 bits per heavy atom. The summed E-state index contributed by atoms with van der Waals surface area (Å²) in [6, 6.07) is 16.4. The summed E-state index contributed by atoms with van der Waals surface area (Å²) in [6.07, 6.45) is 5.80. The summed E-state index contributed by atoms with van der Waals surface area (Å²) < 4.78 is 14.5. The van der Waals surface area contributed by atoms with Gasteiger partial charge in [-0.2, -0.15) is 5.21 Å². The number of benzene rings is 3. The zero-order valence-electron chi connectivity index (χ0n) is 27.1. The molecule has 0 spiro atoms. The highest BCUT2D eigenvalue weighted by Crippen LogP contribution is 2.43. The Hall–Kier alpha value is -4.99. The minimum absolute atomic E-state index is 0.0898. The van der Waals surface area contributed by atoms with Gasteiger partial charge in [0.2, 0.25) is 11.4 Å². The molecule has 0 radical (unpaired) electrons. The second-order valence-electron chi connectivity index (χ2n) is 12.3. The van der Waals surface area contributed by atoms with Crippen LogP contribution in [0.15, 0.2) is 54.7 Å². The van der Waals surface area contributed by atoms with Crippen LogP contribution in [-0.4, -0.2) is 46.9 Å². The third-order valence-electron chi connectivity index (χ3n) is 9.20. The Labute approximate surface area is 268 Å². The van der Waals surface area contributed by atoms with Crippen LogP contribution in [0.1, 0.15) is 72.4 Å². The smallest absolute Gasteiger partial charge is 0.350 e. The van der Waals surface area contributed by atoms with Gasteiger partial charge in [-0.1, -0.05) is 61.9 Å². The minimum atomic E-state index is -1.13. The molecular weight excluding hydrogens is 580 g/mol. The van der Waals surface area contributed by atoms with Crippen LogP contribution >= 0.6 is 0 Å². The van der Waals surface area contributed by atoms with Crippen molar-refractivity contribution in [2.24, 2.45) is 0 Å². The highest BCUT2D eigenvalue weighted by atomic mass is 16.6. The van der Waals surface area contributed by atoms with Crippen molar-refractivity contribution >= 4 is 5.97 Å². The number of nitrogens with zero attached hydrogens (tertiary/aromatic N) is 5. The van der Waals surface area contributed by atoms with Crippen LogP contribution in [0.2, 0.25) is 0 Å². The summed E-state index contributed by atoms with van der Waals surface area (Å²) in [5.74, 6) is 2.08. The van der Waals surface area contributed by atoms with Crippen molar-refractivity contribution in [1.29, 1.82) is 0 Å². The predicted molar refractivity (Wildman–Crippen MR) is 174 cm³/mol. The molecule has 1 aliphatic rings. The lowest BCUT2D eigenvalue weighted by molar-refractivity contribution is -0.164. The van der Waals surface area contributed by atoms with Gasteiger partial charge in [-0.25, -0.2) is 9.78 Å². The normalized spacial score (nSPS) is 15.8. The van der Waals surface area contributed by atoms with Crippen LogP contribution in [0.25, 0.3) is 22.5 Å². The molecule has 1 atom stereocenters. The van der Waals surface area contributed by atoms with Gasteiger partial charge in [0, 0.05) is 30.5 Å². The van der Waals surface area contributed by atoms with Gasteiger partial charge < -0.3 is 19.1 Å². The third-order valence-corrected chi connectivity index (χ3v) is 9.20. The van der Waals surface area contributed by atoms with Crippen molar-refractivity contribution in [3.8, 4) is 34.0 Å². The molecule has 0 saturated heterocycles. The number of phenols is 1. The molecule has 238 valence electrons. The maximum absolute atomic E-state index is 13.5. The molecule has 1 aliphatic heterocycles. The van der Waals surface area contributed by atoms with Crippen LogP contribution in [0.3, 0.4) is 0 Å². The Kier molecular flexibility index (Phi) is 8.62. The molecule has 0 amide bonds. The number of fused-ring (bicyclic) bond motifs is 1. The van der Waals surface area contributed by atoms with E-state index < -0.39 is 11.6 Å². The van der Waals surface area contributed by atoms with Crippen molar-refractivity contribution < 1.29 is 19.4 Å². The molecular formula is C36H40N6O4. The van der Waals surface area contributed by atoms with Crippen LogP contribution in [0, 0.1) is 20.8 Å². The number of unbranched alkanes of at least 4 members (excludes halogenated alkanes) is 1. The van der Waals surface area contributed by atoms with E-state index in [1.165, 1.54) is 0 Å². The predicted octanol–water partition coefficient (Wildman–Crippen LogP) is 6.58. The monoisotopic (exact) mass is 620 g/mol. The fourth-order valence-electron chi connectivity index (χ4n) is 6.16. The van der Waals surface area contributed by atoms with Crippen molar-refractivity contribution in [2.45, 2.75) is 85.5 Å². The van der Waals surface area contributed by atoms with Gasteiger partial charge >= 0.3 is 5.97 Å². The number of aromatic nitrogens is 6. The van der Waals surface area contributed by atoms with Gasteiger partial charge in [0.1, 0.15) is 23.9 Å². The summed E-state index contributed by atoms with van der Waals surface area (Å²) in [6.45, 7) is 10.3. The maximum atomic E-state index is 13.5. The molecule has 3 aromatic carbocycles. The number of carbonyl (C=O) groups excluding carboxylic acids is 1. The van der Waals surface area contributed by atoms with Gasteiger partial charge in [-0.3, -0.25) is 0 Å². The van der Waals surface area contributed by atoms with Gasteiger partial charge in [0.05, 0.1) is 11.9 Å². The molecule has 3 heterocycles. The highest BCUT2D eigenvalue weighted by Gasteiger charge is 2.42. The molecule has 0 fully saturated rings. The summed E-state index contributed by atoms with van der Waals surface area (Å²) in [7, 11) is 0. The van der Waals surface area contributed by atoms with E-state index in [0.29, 0.717) is 36.7 Å². The number of phenolic OH excluding ortho intramolecular Hbond substituents is 1. The standard InChI is InChI=1S/C36H40N6O4/c1-6-7-12-31-37-19-27(21-45-35(44)36(5)18-17-28-24(4)32(43)22(2)23(3)33(28)46-36)42(31)20-25-13-15-26(16-14-25)29-10-8-9-11-30(29)34-38-40-41-39-34/h8-11,13-16,19,43H,6-7,12,17-18,20-21H2,1-5H3,(H,38,39,40,41). The second-order valence-corrected chi connectivity index (χ2v) is 12.3. The first-order valence-electron chi connectivity index (χ1n) is 15.8. The zero-order valence-corrected chi connectivity index (χ0v) is 27.1. The second kappa shape index (κ2) is 12.8. The third kappa shape index (κ3) is 5.87. The number of H-pyrrole nitrogens is 1. The molecule has 10 nitrogen and oxygen atoms in total. The number of aromatic hydroxyl groups is 1. The average molecular weight is 621 g/mol. The van der Waals surface area contributed by atoms with Crippen LogP contribution in [0.4, 0.5) is 0 Å². The average Bonchev–Trinajstić information content (AvgIpc) is 3.75. The zero-order chi connectivity index (χ0) is 32.4. The topological polar surface area (TPSA) is 128 Å². The van der Waals surface area contributed by atoms with E-state index in [1.54, 1.807) is 6.92 Å². The number of hydrogen-bond acceptors (Lipinski definition) is 8. The van der Waals surface area contributed by atoms with Crippen molar-refractivity contribution in [1.82, 2.24) is 30.2 Å². The summed E-state index contributed by atoms with van der Waals surface area (Å²) in [5.41, 5.74) is 7.16. The molecule has 46 heavy (non-hydrogen) atoms. The van der Waals surface area contributed by atoms with Crippen molar-refractivity contribution in [2.75, 3.05) is 0 Å². The molecule has 10 heteroatoms. The molecule has 6 rings (SSSR count). The van der Waals surface area contributed by atoms with Gasteiger partial charge in [0.15, 0.2) is 0 Å². The van der Waals surface area contributed by atoms with Gasteiger partial charge in [-0.15, -0.1) is 10.2 Å². The van der Waals surface area contributed by atoms with Gasteiger partial charge in [-0.05, 0) is 79.1 Å². The fraction of sp³-hybridized carbons (Fsp3) is 0.361. The molecule has 2 N–H and O–H groups in total. The molecule has 0 bridgehead atoms. The first-order chi connectivity index (χ1) is 22.2. The lowest BCUT2D eigenvalue weighted by atomic mass is 9.87. The van der Waals surface area contributed by atoms with Crippen LogP contribution < -0.4 is 4.74 Å². The first-order valence-corrected chi connectivity index (χ1v) is 15.8. The fourth-order valence-corrected chi connectivity index (χ4v) is 6.16. The van der Waals surface area contributed by atoms with E-state index in [1.807, 2.05) is 45.2 Å². The van der Waals surface area contributed by atoms with Gasteiger partial charge in [0.25, 0.3) is 0 Å². The first kappa shape index (κ1) is 31.0. The Bertz CT molecular complexity index is 1860. The number of imidazole rings is 1. The number of rotatable bonds is 10. The number of carbonyl (C=O) groups is 1. The van der Waals surface area contributed by atoms with E-state index in [2.05, 4.69) is 62.4 Å². The molecule has 2 aromatic heterocycles. The summed E-state index contributed by atoms with van der Waals surface area (Å²) in [4.78, 5) is 18.3. The maximum Gasteiger partial charge on any atom is 0.350 e. The molecule has 0 aliphatic carbocycles. The Morgan fingerprint density at radius 1 is 1.07 bits per heavy atom. The van der Waals surface area contributed by atoms with E-state index in [4.69, 9.17) is 14.5 Å². The van der Waals surface area contributed by atoms with E-state index in [9.17, 15) is 9.90 Å². The van der Waals surface area contributed by atoms with Crippen molar-refractivity contribution in [3.63, 3.8) is 0 Å². The van der Waals surface area contributed by atoms with Crippen LogP contribution in [-0.2, 0) is 35.5 Å². The lowest BCUT2D eigenvalue weighted by Gasteiger charge is -2.35. The SMILES string of the molecule is CCCCc1ncc(COC(=O)C2(C)CCc3c(C)c(O)c(C)c(C)c3O2)n1Cc1ccc(-c2ccccc2-c2nn[nH]n2)cc1.